The van der Waals surface area contributed by atoms with Gasteiger partial charge in [0.15, 0.2) is 0 Å². The molecule has 0 saturated heterocycles. The van der Waals surface area contributed by atoms with Crippen LogP contribution in [0.15, 0.2) is 71.5 Å². The van der Waals surface area contributed by atoms with Crippen LogP contribution < -0.4 is 10.9 Å². The summed E-state index contributed by atoms with van der Waals surface area (Å²) in [5.74, 6) is 0. The molecule has 0 unspecified atom stereocenters. The van der Waals surface area contributed by atoms with Gasteiger partial charge in [-0.15, -0.1) is 0 Å². The van der Waals surface area contributed by atoms with Gasteiger partial charge in [0.1, 0.15) is 0 Å². The van der Waals surface area contributed by atoms with Crippen LogP contribution in [-0.2, 0) is 26.1 Å². The second kappa shape index (κ2) is 8.08. The zero-order chi connectivity index (χ0) is 19.3. The molecular weight excluding hydrogens is 352 g/mol. The van der Waals surface area contributed by atoms with Crippen molar-refractivity contribution in [2.75, 3.05) is 6.54 Å². The normalized spacial score (nSPS) is 13.1. The lowest BCUT2D eigenvalue weighted by atomic mass is 10.1. The van der Waals surface area contributed by atoms with E-state index in [-0.39, 0.29) is 11.6 Å². The monoisotopic (exact) mass is 374 g/mol. The summed E-state index contributed by atoms with van der Waals surface area (Å²) in [5.41, 5.74) is 3.67. The second-order valence-corrected chi connectivity index (χ2v) is 6.91. The van der Waals surface area contributed by atoms with Gasteiger partial charge in [0, 0.05) is 37.7 Å². The van der Waals surface area contributed by atoms with E-state index < -0.39 is 0 Å². The van der Waals surface area contributed by atoms with E-state index in [2.05, 4.69) is 10.4 Å². The Morgan fingerprint density at radius 3 is 2.39 bits per heavy atom. The topological polar surface area (TPSA) is 67.2 Å². The third-order valence-electron chi connectivity index (χ3n) is 4.89. The molecule has 3 aromatic rings. The van der Waals surface area contributed by atoms with E-state index in [1.807, 2.05) is 60.7 Å². The number of carbonyl (C=O) groups is 1. The van der Waals surface area contributed by atoms with Crippen LogP contribution in [0.1, 0.15) is 22.4 Å². The minimum atomic E-state index is -0.144. The third kappa shape index (κ3) is 4.11. The molecule has 1 aliphatic rings. The highest BCUT2D eigenvalue weighted by atomic mass is 16.2. The standard InChI is InChI=1S/C22H22N4O2/c27-21-13-19-16-25(22(28)23-14-17-7-3-1-4-8-17)12-11-20(19)24-26(21)15-18-9-5-2-6-10-18/h1-10,13H,11-12,14-16H2,(H,23,28). The van der Waals surface area contributed by atoms with E-state index in [9.17, 15) is 9.59 Å². The lowest BCUT2D eigenvalue weighted by Crippen LogP contribution is -2.43. The summed E-state index contributed by atoms with van der Waals surface area (Å²) >= 11 is 0. The van der Waals surface area contributed by atoms with Crippen LogP contribution in [0.5, 0.6) is 0 Å². The van der Waals surface area contributed by atoms with Crippen molar-refractivity contribution in [1.29, 1.82) is 0 Å². The maximum Gasteiger partial charge on any atom is 0.317 e. The molecule has 0 spiro atoms. The van der Waals surface area contributed by atoms with E-state index in [4.69, 9.17) is 0 Å². The Labute approximate surface area is 163 Å². The number of hydrogen-bond acceptors (Lipinski definition) is 3. The minimum absolute atomic E-state index is 0.122. The fraction of sp³-hybridized carbons (Fsp3) is 0.227. The lowest BCUT2D eigenvalue weighted by molar-refractivity contribution is 0.191. The summed E-state index contributed by atoms with van der Waals surface area (Å²) in [7, 11) is 0. The molecule has 4 rings (SSSR count). The first-order valence-corrected chi connectivity index (χ1v) is 9.39. The Morgan fingerprint density at radius 2 is 1.68 bits per heavy atom. The molecule has 2 heterocycles. The number of nitrogens with zero attached hydrogens (tertiary/aromatic N) is 3. The van der Waals surface area contributed by atoms with Crippen molar-refractivity contribution in [1.82, 2.24) is 20.0 Å². The Kier molecular flexibility index (Phi) is 5.19. The molecule has 2 amide bonds. The molecule has 1 aromatic heterocycles. The second-order valence-electron chi connectivity index (χ2n) is 6.91. The number of fused-ring (bicyclic) bond motifs is 1. The minimum Gasteiger partial charge on any atom is -0.334 e. The van der Waals surface area contributed by atoms with Crippen molar-refractivity contribution in [3.63, 3.8) is 0 Å². The van der Waals surface area contributed by atoms with Gasteiger partial charge in [-0.05, 0) is 11.1 Å². The van der Waals surface area contributed by atoms with Crippen LogP contribution in [0, 0.1) is 0 Å². The molecular formula is C22H22N4O2. The summed E-state index contributed by atoms with van der Waals surface area (Å²) in [6.45, 7) is 1.93. The first-order valence-electron chi connectivity index (χ1n) is 9.39. The molecule has 0 saturated carbocycles. The molecule has 0 bridgehead atoms. The van der Waals surface area contributed by atoms with Crippen LogP contribution in [0.3, 0.4) is 0 Å². The van der Waals surface area contributed by atoms with Gasteiger partial charge in [-0.2, -0.15) is 5.10 Å². The van der Waals surface area contributed by atoms with Crippen LogP contribution in [0.25, 0.3) is 0 Å². The number of urea groups is 1. The number of rotatable bonds is 4. The number of benzene rings is 2. The van der Waals surface area contributed by atoms with Gasteiger partial charge in [0.05, 0.1) is 12.2 Å². The largest absolute Gasteiger partial charge is 0.334 e. The first kappa shape index (κ1) is 18.0. The maximum atomic E-state index is 12.5. The number of carbonyl (C=O) groups excluding carboxylic acids is 1. The smallest absolute Gasteiger partial charge is 0.317 e. The van der Waals surface area contributed by atoms with Gasteiger partial charge in [-0.1, -0.05) is 60.7 Å². The van der Waals surface area contributed by atoms with Crippen LogP contribution >= 0.6 is 0 Å². The van der Waals surface area contributed by atoms with Crippen molar-refractivity contribution < 1.29 is 4.79 Å². The van der Waals surface area contributed by atoms with Crippen molar-refractivity contribution in [3.8, 4) is 0 Å². The van der Waals surface area contributed by atoms with Crippen LogP contribution in [-0.4, -0.2) is 27.3 Å². The van der Waals surface area contributed by atoms with E-state index in [1.165, 1.54) is 4.68 Å². The Morgan fingerprint density at radius 1 is 1.00 bits per heavy atom. The highest BCUT2D eigenvalue weighted by Crippen LogP contribution is 2.15. The van der Waals surface area contributed by atoms with Crippen molar-refractivity contribution in [2.45, 2.75) is 26.1 Å². The number of hydrogen-bond donors (Lipinski definition) is 1. The molecule has 1 N–H and O–H groups in total. The van der Waals surface area contributed by atoms with Gasteiger partial charge in [-0.25, -0.2) is 9.48 Å². The van der Waals surface area contributed by atoms with Crippen molar-refractivity contribution >= 4 is 6.03 Å². The van der Waals surface area contributed by atoms with Crippen molar-refractivity contribution in [3.05, 3.63) is 99.5 Å². The van der Waals surface area contributed by atoms with E-state index in [1.54, 1.807) is 11.0 Å². The zero-order valence-electron chi connectivity index (χ0n) is 15.5. The number of amides is 2. The molecule has 2 aromatic carbocycles. The molecule has 28 heavy (non-hydrogen) atoms. The predicted molar refractivity (Wildman–Crippen MR) is 107 cm³/mol. The number of aromatic nitrogens is 2. The first-order chi connectivity index (χ1) is 13.7. The van der Waals surface area contributed by atoms with Gasteiger partial charge >= 0.3 is 6.03 Å². The third-order valence-corrected chi connectivity index (χ3v) is 4.89. The van der Waals surface area contributed by atoms with Gasteiger partial charge in [0.25, 0.3) is 5.56 Å². The SMILES string of the molecule is O=C(NCc1ccccc1)N1CCc2nn(Cc3ccccc3)c(=O)cc2C1. The average Bonchev–Trinajstić information content (AvgIpc) is 2.74. The highest BCUT2D eigenvalue weighted by Gasteiger charge is 2.22. The Hall–Kier alpha value is -3.41. The quantitative estimate of drug-likeness (QED) is 0.763. The molecule has 0 aliphatic carbocycles. The molecule has 6 heteroatoms. The van der Waals surface area contributed by atoms with Crippen LogP contribution in [0.4, 0.5) is 4.79 Å². The highest BCUT2D eigenvalue weighted by molar-refractivity contribution is 5.74. The zero-order valence-corrected chi connectivity index (χ0v) is 15.5. The van der Waals surface area contributed by atoms with Crippen molar-refractivity contribution in [2.24, 2.45) is 0 Å². The van der Waals surface area contributed by atoms with E-state index in [0.29, 0.717) is 32.6 Å². The summed E-state index contributed by atoms with van der Waals surface area (Å²) in [5, 5.41) is 7.48. The molecule has 142 valence electrons. The average molecular weight is 374 g/mol. The van der Waals surface area contributed by atoms with E-state index >= 15 is 0 Å². The molecule has 1 aliphatic heterocycles. The maximum absolute atomic E-state index is 12.5. The summed E-state index contributed by atoms with van der Waals surface area (Å²) in [6.07, 6.45) is 0.642. The summed E-state index contributed by atoms with van der Waals surface area (Å²) in [6, 6.07) is 21.1. The predicted octanol–water partition coefficient (Wildman–Crippen LogP) is 2.56. The summed E-state index contributed by atoms with van der Waals surface area (Å²) < 4.78 is 1.50. The summed E-state index contributed by atoms with van der Waals surface area (Å²) in [4.78, 5) is 26.7. The lowest BCUT2D eigenvalue weighted by Gasteiger charge is -2.28. The Balaban J connectivity index is 1.43. The Bertz CT molecular complexity index is 1020. The van der Waals surface area contributed by atoms with Crippen LogP contribution in [0.2, 0.25) is 0 Å². The fourth-order valence-electron chi connectivity index (χ4n) is 3.37. The molecule has 0 radical (unpaired) electrons. The van der Waals surface area contributed by atoms with Gasteiger partial charge in [-0.3, -0.25) is 4.79 Å². The van der Waals surface area contributed by atoms with Gasteiger partial charge in [0.2, 0.25) is 0 Å². The van der Waals surface area contributed by atoms with E-state index in [0.717, 1.165) is 22.4 Å². The number of nitrogens with one attached hydrogen (secondary N) is 1. The van der Waals surface area contributed by atoms with Gasteiger partial charge < -0.3 is 10.2 Å². The molecule has 0 atom stereocenters. The molecule has 6 nitrogen and oxygen atoms in total. The molecule has 0 fully saturated rings. The fourth-order valence-corrected chi connectivity index (χ4v) is 3.37.